The van der Waals surface area contributed by atoms with Gasteiger partial charge in [0.2, 0.25) is 11.1 Å². The zero-order valence-electron chi connectivity index (χ0n) is 21.4. The molecule has 1 unspecified atom stereocenters. The first-order valence-electron chi connectivity index (χ1n) is 12.7. The largest absolute Gasteiger partial charge is 0.465 e. The normalized spacial score (nSPS) is 13.2. The van der Waals surface area contributed by atoms with Crippen molar-refractivity contribution in [1.82, 2.24) is 19.7 Å². The predicted octanol–water partition coefficient (Wildman–Crippen LogP) is 6.24. The van der Waals surface area contributed by atoms with Crippen molar-refractivity contribution in [3.63, 3.8) is 0 Å². The number of thioether (sulfide) groups is 1. The second-order valence-corrected chi connectivity index (χ2v) is 11.2. The Morgan fingerprint density at radius 3 is 2.28 bits per heavy atom. The maximum atomic E-state index is 14.1. The highest BCUT2D eigenvalue weighted by Crippen LogP contribution is 2.48. The Labute approximate surface area is 233 Å². The Balaban J connectivity index is 1.37. The molecule has 0 saturated carbocycles. The minimum atomic E-state index is -0.448. The average molecular weight is 556 g/mol. The molecule has 39 heavy (non-hydrogen) atoms. The van der Waals surface area contributed by atoms with Crippen molar-refractivity contribution >= 4 is 68.8 Å². The highest BCUT2D eigenvalue weighted by Gasteiger charge is 2.33. The number of hydrogen-bond donors (Lipinski definition) is 0. The first-order valence-corrected chi connectivity index (χ1v) is 14.4. The molecule has 0 radical (unpaired) electrons. The van der Waals surface area contributed by atoms with E-state index >= 15 is 0 Å². The minimum absolute atomic E-state index is 0.00972. The third-order valence-corrected chi connectivity index (χ3v) is 8.83. The van der Waals surface area contributed by atoms with E-state index in [0.29, 0.717) is 29.3 Å². The molecule has 3 aromatic carbocycles. The molecular formula is C29H25N5O3S2. The summed E-state index contributed by atoms with van der Waals surface area (Å²) < 4.78 is 7.00. The second-order valence-electron chi connectivity index (χ2n) is 8.90. The smallest absolute Gasteiger partial charge is 0.326 e. The Morgan fingerprint density at radius 2 is 1.59 bits per heavy atom. The molecule has 1 amide bonds. The van der Waals surface area contributed by atoms with Gasteiger partial charge in [-0.15, -0.1) is 10.2 Å². The molecule has 8 nitrogen and oxygen atoms in total. The second kappa shape index (κ2) is 10.7. The van der Waals surface area contributed by atoms with Crippen LogP contribution in [0.1, 0.15) is 20.3 Å². The van der Waals surface area contributed by atoms with E-state index in [0.717, 1.165) is 32.1 Å². The van der Waals surface area contributed by atoms with Crippen LogP contribution in [0.5, 0.6) is 0 Å². The number of fused-ring (bicyclic) bond motifs is 5. The molecular weight excluding hydrogens is 530 g/mol. The van der Waals surface area contributed by atoms with Gasteiger partial charge in [0.25, 0.3) is 0 Å². The van der Waals surface area contributed by atoms with Crippen LogP contribution in [0.3, 0.4) is 0 Å². The van der Waals surface area contributed by atoms with Gasteiger partial charge in [0.1, 0.15) is 12.1 Å². The summed E-state index contributed by atoms with van der Waals surface area (Å²) in [7, 11) is 0. The average Bonchev–Trinajstić information content (AvgIpc) is 3.27. The van der Waals surface area contributed by atoms with E-state index in [1.807, 2.05) is 84.6 Å². The lowest BCUT2D eigenvalue weighted by Crippen LogP contribution is -2.35. The number of amides is 1. The number of esters is 1. The van der Waals surface area contributed by atoms with Crippen molar-refractivity contribution in [2.45, 2.75) is 47.0 Å². The van der Waals surface area contributed by atoms with E-state index in [4.69, 9.17) is 9.72 Å². The predicted molar refractivity (Wildman–Crippen MR) is 154 cm³/mol. The molecule has 6 rings (SSSR count). The van der Waals surface area contributed by atoms with Crippen molar-refractivity contribution in [3.05, 3.63) is 72.8 Å². The number of aromatic nitrogens is 4. The van der Waals surface area contributed by atoms with Crippen molar-refractivity contribution in [1.29, 1.82) is 0 Å². The van der Waals surface area contributed by atoms with Crippen LogP contribution in [0.15, 0.2) is 87.7 Å². The van der Waals surface area contributed by atoms with Gasteiger partial charge in [-0.1, -0.05) is 72.9 Å². The quantitative estimate of drug-likeness (QED) is 0.172. The molecule has 0 N–H and O–H groups in total. The van der Waals surface area contributed by atoms with E-state index in [1.54, 1.807) is 23.3 Å². The van der Waals surface area contributed by atoms with Gasteiger partial charge < -0.3 is 9.30 Å². The van der Waals surface area contributed by atoms with Gasteiger partial charge in [0.05, 0.1) is 28.7 Å². The molecule has 5 aromatic rings. The lowest BCUT2D eigenvalue weighted by atomic mass is 10.2. The molecule has 0 fully saturated rings. The maximum absolute atomic E-state index is 14.1. The van der Waals surface area contributed by atoms with Crippen LogP contribution < -0.4 is 4.90 Å². The Morgan fingerprint density at radius 1 is 0.923 bits per heavy atom. The number of carbonyl (C=O) groups is 2. The summed E-state index contributed by atoms with van der Waals surface area (Å²) in [6.45, 7) is 4.07. The minimum Gasteiger partial charge on any atom is -0.465 e. The van der Waals surface area contributed by atoms with Gasteiger partial charge in [-0.2, -0.15) is 0 Å². The molecule has 0 bridgehead atoms. The van der Waals surface area contributed by atoms with Crippen LogP contribution in [-0.4, -0.2) is 43.5 Å². The number of carbonyl (C=O) groups excluding carboxylic acids is 2. The van der Waals surface area contributed by atoms with E-state index in [9.17, 15) is 9.59 Å². The number of rotatable bonds is 7. The number of para-hydroxylation sites is 3. The van der Waals surface area contributed by atoms with Gasteiger partial charge in [0.15, 0.2) is 5.65 Å². The molecule has 10 heteroatoms. The van der Waals surface area contributed by atoms with Gasteiger partial charge >= 0.3 is 5.97 Å². The Hall–Kier alpha value is -3.89. The van der Waals surface area contributed by atoms with Crippen LogP contribution in [0.2, 0.25) is 0 Å². The van der Waals surface area contributed by atoms with Gasteiger partial charge in [-0.3, -0.25) is 14.5 Å². The Bertz CT molecular complexity index is 1670. The summed E-state index contributed by atoms with van der Waals surface area (Å²) in [5.74, 6) is -0.395. The molecule has 0 aliphatic carbocycles. The topological polar surface area (TPSA) is 90.2 Å². The van der Waals surface area contributed by atoms with Crippen molar-refractivity contribution in [2.75, 3.05) is 11.5 Å². The monoisotopic (exact) mass is 555 g/mol. The number of anilines is 2. The summed E-state index contributed by atoms with van der Waals surface area (Å²) >= 11 is 2.95. The lowest BCUT2D eigenvalue weighted by molar-refractivity contribution is -0.143. The fourth-order valence-corrected chi connectivity index (χ4v) is 6.67. The SMILES string of the molecule is CCOC(=O)Cn1c2ccccc2c2nnc(SC(CC)C(=O)N3c4ccccc4Sc4ccccc43)nc21. The van der Waals surface area contributed by atoms with Crippen LogP contribution >= 0.6 is 23.5 Å². The molecule has 3 heterocycles. The van der Waals surface area contributed by atoms with Gasteiger partial charge in [-0.25, -0.2) is 4.98 Å². The van der Waals surface area contributed by atoms with E-state index in [2.05, 4.69) is 10.2 Å². The first kappa shape index (κ1) is 25.4. The molecule has 196 valence electrons. The summed E-state index contributed by atoms with van der Waals surface area (Å²) in [4.78, 5) is 35.2. The molecule has 0 saturated heterocycles. The number of nitrogens with zero attached hydrogens (tertiary/aromatic N) is 5. The van der Waals surface area contributed by atoms with Crippen LogP contribution in [0, 0.1) is 0 Å². The Kier molecular flexibility index (Phi) is 6.97. The van der Waals surface area contributed by atoms with Crippen LogP contribution in [0.4, 0.5) is 11.4 Å². The van der Waals surface area contributed by atoms with Crippen molar-refractivity contribution in [3.8, 4) is 0 Å². The summed E-state index contributed by atoms with van der Waals surface area (Å²) in [6, 6.07) is 23.6. The summed E-state index contributed by atoms with van der Waals surface area (Å²) in [5.41, 5.74) is 3.71. The van der Waals surface area contributed by atoms with Crippen LogP contribution in [0.25, 0.3) is 22.1 Å². The zero-order chi connectivity index (χ0) is 26.9. The standard InChI is InChI=1S/C29H25N5O3S2/c1-3-22(28(36)34-20-13-7-9-15-23(20)38-24-16-10-8-14-21(24)34)39-29-30-27-26(31-32-29)18-11-5-6-12-19(18)33(27)17-25(35)37-4-2/h5-16,22H,3-4,17H2,1-2H3. The van der Waals surface area contributed by atoms with E-state index in [-0.39, 0.29) is 18.4 Å². The number of benzene rings is 3. The highest BCUT2D eigenvalue weighted by molar-refractivity contribution is 8.00. The highest BCUT2D eigenvalue weighted by atomic mass is 32.2. The third-order valence-electron chi connectivity index (χ3n) is 6.49. The molecule has 1 atom stereocenters. The number of hydrogen-bond acceptors (Lipinski definition) is 8. The lowest BCUT2D eigenvalue weighted by Gasteiger charge is -2.33. The maximum Gasteiger partial charge on any atom is 0.326 e. The van der Waals surface area contributed by atoms with Gasteiger partial charge in [0, 0.05) is 15.2 Å². The zero-order valence-corrected chi connectivity index (χ0v) is 23.0. The van der Waals surface area contributed by atoms with Gasteiger partial charge in [-0.05, 0) is 43.7 Å². The fourth-order valence-electron chi connectivity index (χ4n) is 4.76. The molecule has 2 aromatic heterocycles. The first-order chi connectivity index (χ1) is 19.1. The van der Waals surface area contributed by atoms with Crippen LogP contribution in [-0.2, 0) is 20.9 Å². The molecule has 0 spiro atoms. The van der Waals surface area contributed by atoms with E-state index < -0.39 is 5.25 Å². The number of ether oxygens (including phenoxy) is 1. The summed E-state index contributed by atoms with van der Waals surface area (Å²) in [5, 5.41) is 9.65. The van der Waals surface area contributed by atoms with Crippen molar-refractivity contribution < 1.29 is 14.3 Å². The van der Waals surface area contributed by atoms with Crippen molar-refractivity contribution in [2.24, 2.45) is 0 Å². The molecule has 1 aliphatic rings. The summed E-state index contributed by atoms with van der Waals surface area (Å²) in [6.07, 6.45) is 0.574. The van der Waals surface area contributed by atoms with E-state index in [1.165, 1.54) is 11.8 Å². The molecule has 1 aliphatic heterocycles. The third kappa shape index (κ3) is 4.63. The fraction of sp³-hybridized carbons (Fsp3) is 0.207.